The lowest BCUT2D eigenvalue weighted by molar-refractivity contribution is -0.154. The molecule has 2 saturated carbocycles. The lowest BCUT2D eigenvalue weighted by atomic mass is 9.81. The second-order valence-corrected chi connectivity index (χ2v) is 9.43. The SMILES string of the molecule is O=C(Oc1ccc(Br)cc1)[C@H](Cc1ccccc1)N1C(=O)[C@@H]2[C@H]3CC[C@@H](C3)[C@H]2C1=O. The first-order valence-corrected chi connectivity index (χ1v) is 11.2. The number of ether oxygens (including phenoxy) is 1. The van der Waals surface area contributed by atoms with Gasteiger partial charge in [0.15, 0.2) is 0 Å². The minimum atomic E-state index is -0.957. The third-order valence-corrected chi connectivity index (χ3v) is 7.38. The molecule has 3 fully saturated rings. The van der Waals surface area contributed by atoms with Crippen LogP contribution in [0, 0.1) is 23.7 Å². The van der Waals surface area contributed by atoms with Crippen molar-refractivity contribution >= 4 is 33.7 Å². The molecular weight excluding hydrogens is 446 g/mol. The van der Waals surface area contributed by atoms with E-state index < -0.39 is 12.0 Å². The second kappa shape index (κ2) is 7.65. The zero-order chi connectivity index (χ0) is 20.8. The highest BCUT2D eigenvalue weighted by atomic mass is 79.9. The van der Waals surface area contributed by atoms with Crippen LogP contribution >= 0.6 is 15.9 Å². The summed E-state index contributed by atoms with van der Waals surface area (Å²) < 4.78 is 6.47. The smallest absolute Gasteiger partial charge is 0.335 e. The largest absolute Gasteiger partial charge is 0.425 e. The van der Waals surface area contributed by atoms with Gasteiger partial charge in [-0.1, -0.05) is 46.3 Å². The normalized spacial score (nSPS) is 28.0. The van der Waals surface area contributed by atoms with E-state index in [-0.39, 0.29) is 41.9 Å². The first-order chi connectivity index (χ1) is 14.5. The monoisotopic (exact) mass is 467 g/mol. The van der Waals surface area contributed by atoms with Crippen LogP contribution < -0.4 is 4.74 Å². The van der Waals surface area contributed by atoms with Crippen LogP contribution in [0.5, 0.6) is 5.75 Å². The van der Waals surface area contributed by atoms with E-state index in [1.165, 1.54) is 4.90 Å². The molecule has 5 nitrogen and oxygen atoms in total. The number of esters is 1. The highest BCUT2D eigenvalue weighted by molar-refractivity contribution is 9.10. The molecule has 2 amide bonds. The lowest BCUT2D eigenvalue weighted by Crippen LogP contribution is -2.49. The summed E-state index contributed by atoms with van der Waals surface area (Å²) in [7, 11) is 0. The molecule has 6 heteroatoms. The van der Waals surface area contributed by atoms with Crippen molar-refractivity contribution < 1.29 is 19.1 Å². The molecule has 2 aliphatic carbocycles. The maximum absolute atomic E-state index is 13.3. The molecule has 2 bridgehead atoms. The minimum Gasteiger partial charge on any atom is -0.425 e. The van der Waals surface area contributed by atoms with Gasteiger partial charge in [-0.15, -0.1) is 0 Å². The fraction of sp³-hybridized carbons (Fsp3) is 0.375. The maximum atomic E-state index is 13.3. The van der Waals surface area contributed by atoms with Gasteiger partial charge >= 0.3 is 5.97 Å². The van der Waals surface area contributed by atoms with E-state index in [4.69, 9.17) is 4.74 Å². The molecule has 0 unspecified atom stereocenters. The van der Waals surface area contributed by atoms with Crippen LogP contribution in [-0.4, -0.2) is 28.7 Å². The van der Waals surface area contributed by atoms with E-state index in [1.54, 1.807) is 24.3 Å². The Morgan fingerprint density at radius 2 is 1.57 bits per heavy atom. The Bertz CT molecular complexity index is 962. The number of halogens is 1. The molecule has 2 aromatic rings. The van der Waals surface area contributed by atoms with Crippen LogP contribution in [-0.2, 0) is 20.8 Å². The summed E-state index contributed by atoms with van der Waals surface area (Å²) >= 11 is 3.36. The zero-order valence-corrected chi connectivity index (χ0v) is 18.0. The van der Waals surface area contributed by atoms with Gasteiger partial charge in [0, 0.05) is 10.9 Å². The Balaban J connectivity index is 1.45. The Hall–Kier alpha value is -2.47. The van der Waals surface area contributed by atoms with Crippen molar-refractivity contribution in [1.82, 2.24) is 4.90 Å². The van der Waals surface area contributed by atoms with Gasteiger partial charge < -0.3 is 4.74 Å². The summed E-state index contributed by atoms with van der Waals surface area (Å²) in [5.41, 5.74) is 0.885. The molecular formula is C24H22BrNO4. The summed E-state index contributed by atoms with van der Waals surface area (Å²) in [6.45, 7) is 0. The number of carbonyl (C=O) groups is 3. The topological polar surface area (TPSA) is 63.7 Å². The summed E-state index contributed by atoms with van der Waals surface area (Å²) in [6, 6.07) is 15.4. The molecule has 1 saturated heterocycles. The van der Waals surface area contributed by atoms with Crippen molar-refractivity contribution in [2.75, 3.05) is 0 Å². The quantitative estimate of drug-likeness (QED) is 0.378. The van der Waals surface area contributed by atoms with E-state index in [1.807, 2.05) is 30.3 Å². The Morgan fingerprint density at radius 3 is 2.17 bits per heavy atom. The molecule has 1 heterocycles. The van der Waals surface area contributed by atoms with Crippen LogP contribution in [0.1, 0.15) is 24.8 Å². The third-order valence-electron chi connectivity index (χ3n) is 6.85. The van der Waals surface area contributed by atoms with Crippen LogP contribution in [0.3, 0.4) is 0 Å². The first-order valence-electron chi connectivity index (χ1n) is 10.4. The van der Waals surface area contributed by atoms with Gasteiger partial charge in [0.05, 0.1) is 11.8 Å². The first kappa shape index (κ1) is 19.5. The molecule has 0 radical (unpaired) electrons. The number of fused-ring (bicyclic) bond motifs is 5. The number of likely N-dealkylation sites (tertiary alicyclic amines) is 1. The standard InChI is InChI=1S/C24H22BrNO4/c25-17-8-10-18(11-9-17)30-24(29)19(12-14-4-2-1-3-5-14)26-22(27)20-15-6-7-16(13-15)21(20)23(26)28/h1-5,8-11,15-16,19-21H,6-7,12-13H2/t15-,16-,19-,20+,21+/m0/s1. The molecule has 5 rings (SSSR count). The van der Waals surface area contributed by atoms with Crippen molar-refractivity contribution in [2.24, 2.45) is 23.7 Å². The molecule has 5 atom stereocenters. The molecule has 154 valence electrons. The van der Waals surface area contributed by atoms with Crippen molar-refractivity contribution in [3.05, 3.63) is 64.6 Å². The van der Waals surface area contributed by atoms with Crippen molar-refractivity contribution in [3.8, 4) is 5.75 Å². The number of hydrogen-bond acceptors (Lipinski definition) is 4. The van der Waals surface area contributed by atoms with Crippen LogP contribution in [0.15, 0.2) is 59.1 Å². The van der Waals surface area contributed by atoms with Gasteiger partial charge in [-0.25, -0.2) is 4.79 Å². The van der Waals surface area contributed by atoms with Crippen molar-refractivity contribution in [2.45, 2.75) is 31.7 Å². The van der Waals surface area contributed by atoms with Crippen LogP contribution in [0.2, 0.25) is 0 Å². The van der Waals surface area contributed by atoms with Gasteiger partial charge in [0.2, 0.25) is 11.8 Å². The van der Waals surface area contributed by atoms with Gasteiger partial charge in [-0.3, -0.25) is 14.5 Å². The summed E-state index contributed by atoms with van der Waals surface area (Å²) in [5.74, 6) is -0.514. The van der Waals surface area contributed by atoms with Gasteiger partial charge in [0.25, 0.3) is 0 Å². The zero-order valence-electron chi connectivity index (χ0n) is 16.4. The summed E-state index contributed by atoms with van der Waals surface area (Å²) in [5, 5.41) is 0. The average Bonchev–Trinajstić information content (AvgIpc) is 3.43. The average molecular weight is 468 g/mol. The number of nitrogens with zero attached hydrogens (tertiary/aromatic N) is 1. The predicted octanol–water partition coefficient (Wildman–Crippen LogP) is 4.00. The number of rotatable bonds is 5. The fourth-order valence-corrected chi connectivity index (χ4v) is 5.81. The number of imide groups is 1. The Labute approximate surface area is 183 Å². The van der Waals surface area contributed by atoms with E-state index in [0.717, 1.165) is 29.3 Å². The van der Waals surface area contributed by atoms with Crippen molar-refractivity contribution in [1.29, 1.82) is 0 Å². The minimum absolute atomic E-state index is 0.189. The number of carbonyl (C=O) groups excluding carboxylic acids is 3. The van der Waals surface area contributed by atoms with Crippen LogP contribution in [0.25, 0.3) is 0 Å². The van der Waals surface area contributed by atoms with Gasteiger partial charge in [-0.2, -0.15) is 0 Å². The third kappa shape index (κ3) is 3.27. The molecule has 3 aliphatic rings. The molecule has 1 aliphatic heterocycles. The molecule has 0 N–H and O–H groups in total. The Morgan fingerprint density at radius 1 is 0.967 bits per heavy atom. The van der Waals surface area contributed by atoms with Crippen molar-refractivity contribution in [3.63, 3.8) is 0 Å². The van der Waals surface area contributed by atoms with Gasteiger partial charge in [0.1, 0.15) is 11.8 Å². The maximum Gasteiger partial charge on any atom is 0.335 e. The summed E-state index contributed by atoms with van der Waals surface area (Å²) in [4.78, 5) is 41.1. The summed E-state index contributed by atoms with van der Waals surface area (Å²) in [6.07, 6.45) is 3.23. The fourth-order valence-electron chi connectivity index (χ4n) is 5.54. The molecule has 30 heavy (non-hydrogen) atoms. The van der Waals surface area contributed by atoms with Gasteiger partial charge in [-0.05, 0) is 60.9 Å². The van der Waals surface area contributed by atoms with E-state index in [9.17, 15) is 14.4 Å². The lowest BCUT2D eigenvalue weighted by Gasteiger charge is -2.26. The molecule has 2 aromatic carbocycles. The molecule has 0 aromatic heterocycles. The number of benzene rings is 2. The van der Waals surface area contributed by atoms with E-state index in [0.29, 0.717) is 5.75 Å². The number of amides is 2. The van der Waals surface area contributed by atoms with E-state index in [2.05, 4.69) is 15.9 Å². The highest BCUT2D eigenvalue weighted by Gasteiger charge is 2.62. The number of hydrogen-bond donors (Lipinski definition) is 0. The van der Waals surface area contributed by atoms with Crippen LogP contribution in [0.4, 0.5) is 0 Å². The highest BCUT2D eigenvalue weighted by Crippen LogP contribution is 2.56. The molecule has 0 spiro atoms. The predicted molar refractivity (Wildman–Crippen MR) is 113 cm³/mol. The Kier molecular flexibility index (Phi) is 4.97. The van der Waals surface area contributed by atoms with E-state index >= 15 is 0 Å². The second-order valence-electron chi connectivity index (χ2n) is 8.51.